The molecule has 0 saturated heterocycles. The molecule has 0 unspecified atom stereocenters. The number of rotatable bonds is 4. The van der Waals surface area contributed by atoms with E-state index in [2.05, 4.69) is 23.8 Å². The molecule has 0 spiro atoms. The van der Waals surface area contributed by atoms with Gasteiger partial charge in [0.2, 0.25) is 12.2 Å². The second-order valence-corrected chi connectivity index (χ2v) is 3.82. The Bertz CT molecular complexity index is 468. The van der Waals surface area contributed by atoms with E-state index < -0.39 is 0 Å². The molecule has 4 nitrogen and oxygen atoms in total. The van der Waals surface area contributed by atoms with Crippen molar-refractivity contribution in [3.8, 4) is 0 Å². The first-order valence-corrected chi connectivity index (χ1v) is 4.96. The molecule has 1 aromatic carbocycles. The lowest BCUT2D eigenvalue weighted by Gasteiger charge is -2.07. The Balaban J connectivity index is 3.18. The summed E-state index contributed by atoms with van der Waals surface area (Å²) in [5, 5.41) is 0. The van der Waals surface area contributed by atoms with Crippen molar-refractivity contribution in [2.24, 2.45) is 15.9 Å². The van der Waals surface area contributed by atoms with Crippen LogP contribution in [-0.4, -0.2) is 12.2 Å². The summed E-state index contributed by atoms with van der Waals surface area (Å²) in [6.07, 6.45) is 3.76. The minimum atomic E-state index is 0.441. The van der Waals surface area contributed by atoms with Gasteiger partial charge in [0, 0.05) is 0 Å². The van der Waals surface area contributed by atoms with E-state index in [1.807, 2.05) is 6.07 Å². The van der Waals surface area contributed by atoms with Gasteiger partial charge in [-0.3, -0.25) is 0 Å². The quantitative estimate of drug-likeness (QED) is 0.574. The van der Waals surface area contributed by atoms with Gasteiger partial charge in [0.15, 0.2) is 0 Å². The van der Waals surface area contributed by atoms with Gasteiger partial charge < -0.3 is 0 Å². The second-order valence-electron chi connectivity index (χ2n) is 3.82. The standard InChI is InChI=1S/C12H12N2O2/c1-9(2)5-10-3-4-11(13-7-15)6-12(10)14-8-16/h3-4,6,9H,5H2,1-2H3. The van der Waals surface area contributed by atoms with Crippen molar-refractivity contribution in [2.45, 2.75) is 20.3 Å². The Morgan fingerprint density at radius 1 is 1.19 bits per heavy atom. The molecule has 0 aliphatic carbocycles. The van der Waals surface area contributed by atoms with E-state index in [1.54, 1.807) is 12.1 Å². The Hall–Kier alpha value is -2.02. The van der Waals surface area contributed by atoms with Crippen LogP contribution in [0.4, 0.5) is 11.4 Å². The van der Waals surface area contributed by atoms with Gasteiger partial charge in [-0.05, 0) is 30.0 Å². The van der Waals surface area contributed by atoms with Gasteiger partial charge in [-0.2, -0.15) is 9.98 Å². The number of aliphatic imine (C=N–C) groups is 2. The van der Waals surface area contributed by atoms with Crippen LogP contribution >= 0.6 is 0 Å². The first-order chi connectivity index (χ1) is 7.67. The van der Waals surface area contributed by atoms with Crippen molar-refractivity contribution < 1.29 is 9.59 Å². The van der Waals surface area contributed by atoms with Crippen molar-refractivity contribution >= 4 is 23.5 Å². The minimum Gasteiger partial charge on any atom is -0.211 e. The maximum absolute atomic E-state index is 10.3. The summed E-state index contributed by atoms with van der Waals surface area (Å²) in [4.78, 5) is 27.5. The third kappa shape index (κ3) is 3.28. The zero-order chi connectivity index (χ0) is 12.0. The number of benzene rings is 1. The maximum Gasteiger partial charge on any atom is 0.240 e. The Morgan fingerprint density at radius 2 is 1.88 bits per heavy atom. The summed E-state index contributed by atoms with van der Waals surface area (Å²) in [5.41, 5.74) is 1.90. The average Bonchev–Trinajstić information content (AvgIpc) is 2.22. The Kier molecular flexibility index (Phi) is 4.34. The molecule has 82 valence electrons. The van der Waals surface area contributed by atoms with E-state index in [1.165, 1.54) is 12.2 Å². The fraction of sp³-hybridized carbons (Fsp3) is 0.333. The zero-order valence-corrected chi connectivity index (χ0v) is 9.23. The Labute approximate surface area is 93.7 Å². The maximum atomic E-state index is 10.3. The van der Waals surface area contributed by atoms with Crippen molar-refractivity contribution in [1.82, 2.24) is 0 Å². The average molecular weight is 216 g/mol. The molecular formula is C12H12N2O2. The van der Waals surface area contributed by atoms with Crippen LogP contribution in [0.25, 0.3) is 0 Å². The highest BCUT2D eigenvalue weighted by Gasteiger charge is 2.05. The summed E-state index contributed by atoms with van der Waals surface area (Å²) >= 11 is 0. The smallest absolute Gasteiger partial charge is 0.211 e. The molecule has 0 heterocycles. The predicted octanol–water partition coefficient (Wildman–Crippen LogP) is 2.82. The van der Waals surface area contributed by atoms with Crippen molar-refractivity contribution in [2.75, 3.05) is 0 Å². The van der Waals surface area contributed by atoms with E-state index >= 15 is 0 Å². The van der Waals surface area contributed by atoms with Gasteiger partial charge in [-0.1, -0.05) is 19.9 Å². The van der Waals surface area contributed by atoms with Gasteiger partial charge in [0.05, 0.1) is 11.4 Å². The van der Waals surface area contributed by atoms with Crippen LogP contribution in [0, 0.1) is 5.92 Å². The molecule has 0 aliphatic heterocycles. The van der Waals surface area contributed by atoms with Crippen LogP contribution in [0.1, 0.15) is 19.4 Å². The molecule has 0 aliphatic rings. The molecule has 1 rings (SSSR count). The van der Waals surface area contributed by atoms with Gasteiger partial charge in [0.1, 0.15) is 0 Å². The topological polar surface area (TPSA) is 58.9 Å². The monoisotopic (exact) mass is 216 g/mol. The molecule has 0 amide bonds. The van der Waals surface area contributed by atoms with Gasteiger partial charge in [-0.25, -0.2) is 9.59 Å². The van der Waals surface area contributed by atoms with E-state index in [0.29, 0.717) is 17.3 Å². The summed E-state index contributed by atoms with van der Waals surface area (Å²) in [6, 6.07) is 5.09. The predicted molar refractivity (Wildman–Crippen MR) is 60.5 cm³/mol. The van der Waals surface area contributed by atoms with Gasteiger partial charge in [-0.15, -0.1) is 0 Å². The van der Waals surface area contributed by atoms with E-state index in [4.69, 9.17) is 0 Å². The minimum absolute atomic E-state index is 0.441. The molecule has 0 aromatic heterocycles. The first kappa shape index (κ1) is 12.1. The normalized spacial score (nSPS) is 9.44. The third-order valence-electron chi connectivity index (χ3n) is 2.04. The van der Waals surface area contributed by atoms with Gasteiger partial charge >= 0.3 is 0 Å². The number of carbonyl (C=O) groups excluding carboxylic acids is 2. The van der Waals surface area contributed by atoms with Gasteiger partial charge in [0.25, 0.3) is 0 Å². The van der Waals surface area contributed by atoms with Crippen LogP contribution in [0.2, 0.25) is 0 Å². The van der Waals surface area contributed by atoms with Crippen LogP contribution in [-0.2, 0) is 16.0 Å². The largest absolute Gasteiger partial charge is 0.240 e. The summed E-state index contributed by atoms with van der Waals surface area (Å²) in [6.45, 7) is 4.15. The molecule has 0 bridgehead atoms. The highest BCUT2D eigenvalue weighted by Crippen LogP contribution is 2.26. The number of nitrogens with zero attached hydrogens (tertiary/aromatic N) is 2. The SMILES string of the molecule is CC(C)Cc1ccc(N=C=O)cc1N=C=O. The highest BCUT2D eigenvalue weighted by atomic mass is 16.1. The number of isocyanates is 2. The van der Waals surface area contributed by atoms with Crippen molar-refractivity contribution in [3.63, 3.8) is 0 Å². The molecule has 0 atom stereocenters. The number of hydrogen-bond acceptors (Lipinski definition) is 4. The molecule has 0 saturated carbocycles. The van der Waals surface area contributed by atoms with E-state index in [9.17, 15) is 9.59 Å². The third-order valence-corrected chi connectivity index (χ3v) is 2.04. The molecule has 0 N–H and O–H groups in total. The van der Waals surface area contributed by atoms with Crippen molar-refractivity contribution in [3.05, 3.63) is 23.8 Å². The highest BCUT2D eigenvalue weighted by molar-refractivity contribution is 5.62. The molecule has 1 aromatic rings. The zero-order valence-electron chi connectivity index (χ0n) is 9.23. The fourth-order valence-electron chi connectivity index (χ4n) is 1.44. The number of hydrogen-bond donors (Lipinski definition) is 0. The lowest BCUT2D eigenvalue weighted by atomic mass is 10.0. The summed E-state index contributed by atoms with van der Waals surface area (Å²) in [7, 11) is 0. The van der Waals surface area contributed by atoms with Crippen LogP contribution in [0.3, 0.4) is 0 Å². The lowest BCUT2D eigenvalue weighted by Crippen LogP contribution is -1.94. The van der Waals surface area contributed by atoms with Crippen LogP contribution in [0.5, 0.6) is 0 Å². The van der Waals surface area contributed by atoms with Crippen LogP contribution < -0.4 is 0 Å². The van der Waals surface area contributed by atoms with Crippen molar-refractivity contribution in [1.29, 1.82) is 0 Å². The van der Waals surface area contributed by atoms with Crippen LogP contribution in [0.15, 0.2) is 28.2 Å². The van der Waals surface area contributed by atoms with E-state index in [0.717, 1.165) is 12.0 Å². The summed E-state index contributed by atoms with van der Waals surface area (Å²) < 4.78 is 0. The molecule has 4 heteroatoms. The molecular weight excluding hydrogens is 204 g/mol. The molecule has 0 radical (unpaired) electrons. The first-order valence-electron chi connectivity index (χ1n) is 4.96. The Morgan fingerprint density at radius 3 is 2.44 bits per heavy atom. The van der Waals surface area contributed by atoms with E-state index in [-0.39, 0.29) is 0 Å². The lowest BCUT2D eigenvalue weighted by molar-refractivity contribution is 0.564. The molecule has 16 heavy (non-hydrogen) atoms. The second kappa shape index (κ2) is 5.76. The molecule has 0 fully saturated rings. The fourth-order valence-corrected chi connectivity index (χ4v) is 1.44. The summed E-state index contributed by atoms with van der Waals surface area (Å²) in [5.74, 6) is 0.459.